The number of rotatable bonds is 3. The molecule has 15 heavy (non-hydrogen) atoms. The van der Waals surface area contributed by atoms with Gasteiger partial charge in [-0.1, -0.05) is 24.4 Å². The van der Waals surface area contributed by atoms with Gasteiger partial charge in [0.15, 0.2) is 0 Å². The van der Waals surface area contributed by atoms with Crippen LogP contribution in [0.2, 0.25) is 5.02 Å². The molecule has 1 aliphatic carbocycles. The van der Waals surface area contributed by atoms with Crippen LogP contribution in [0, 0.1) is 5.92 Å². The van der Waals surface area contributed by atoms with E-state index in [0.717, 1.165) is 0 Å². The summed E-state index contributed by atoms with van der Waals surface area (Å²) >= 11 is 5.95. The standard InChI is InChI=1S/C12H15ClO2/c13-11-6-5-10(14)7-12(11)15-8-9-3-1-2-4-9/h5-7,9,14H,1-4,8H2. The Labute approximate surface area is 94.8 Å². The summed E-state index contributed by atoms with van der Waals surface area (Å²) in [5, 5.41) is 9.85. The van der Waals surface area contributed by atoms with Crippen molar-refractivity contribution < 1.29 is 9.84 Å². The molecule has 2 nitrogen and oxygen atoms in total. The number of halogens is 1. The molecule has 1 aromatic carbocycles. The van der Waals surface area contributed by atoms with E-state index in [9.17, 15) is 5.11 Å². The summed E-state index contributed by atoms with van der Waals surface area (Å²) in [5.74, 6) is 1.44. The van der Waals surface area contributed by atoms with Crippen LogP contribution in [-0.4, -0.2) is 11.7 Å². The van der Waals surface area contributed by atoms with Crippen molar-refractivity contribution in [1.82, 2.24) is 0 Å². The van der Waals surface area contributed by atoms with Crippen molar-refractivity contribution in [3.8, 4) is 11.5 Å². The predicted molar refractivity (Wildman–Crippen MR) is 60.6 cm³/mol. The lowest BCUT2D eigenvalue weighted by Gasteiger charge is -2.12. The van der Waals surface area contributed by atoms with E-state index in [1.54, 1.807) is 18.2 Å². The molecule has 0 spiro atoms. The topological polar surface area (TPSA) is 29.5 Å². The van der Waals surface area contributed by atoms with E-state index in [1.807, 2.05) is 0 Å². The highest BCUT2D eigenvalue weighted by atomic mass is 35.5. The molecule has 1 saturated carbocycles. The molecule has 0 unspecified atom stereocenters. The Kier molecular flexibility index (Phi) is 3.37. The number of aromatic hydroxyl groups is 1. The van der Waals surface area contributed by atoms with Gasteiger partial charge in [0.2, 0.25) is 0 Å². The maximum atomic E-state index is 9.29. The predicted octanol–water partition coefficient (Wildman–Crippen LogP) is 3.61. The molecule has 1 aliphatic rings. The number of hydrogen-bond acceptors (Lipinski definition) is 2. The Morgan fingerprint density at radius 1 is 1.33 bits per heavy atom. The normalized spacial score (nSPS) is 16.9. The van der Waals surface area contributed by atoms with E-state index in [4.69, 9.17) is 16.3 Å². The summed E-state index contributed by atoms with van der Waals surface area (Å²) in [4.78, 5) is 0. The van der Waals surface area contributed by atoms with Crippen LogP contribution < -0.4 is 4.74 Å². The molecular formula is C12H15ClO2. The molecule has 0 amide bonds. The fourth-order valence-electron chi connectivity index (χ4n) is 1.99. The minimum absolute atomic E-state index is 0.195. The van der Waals surface area contributed by atoms with Crippen LogP contribution in [0.25, 0.3) is 0 Å². The first-order valence-corrected chi connectivity index (χ1v) is 5.75. The Morgan fingerprint density at radius 3 is 2.80 bits per heavy atom. The number of phenols is 1. The van der Waals surface area contributed by atoms with Gasteiger partial charge in [-0.15, -0.1) is 0 Å². The van der Waals surface area contributed by atoms with Gasteiger partial charge < -0.3 is 9.84 Å². The first kappa shape index (κ1) is 10.6. The summed E-state index contributed by atoms with van der Waals surface area (Å²) in [5.41, 5.74) is 0. The smallest absolute Gasteiger partial charge is 0.141 e. The molecule has 0 radical (unpaired) electrons. The van der Waals surface area contributed by atoms with Crippen molar-refractivity contribution in [2.24, 2.45) is 5.92 Å². The Bertz CT molecular complexity index is 332. The largest absolute Gasteiger partial charge is 0.508 e. The summed E-state index contributed by atoms with van der Waals surface area (Å²) < 4.78 is 5.61. The molecule has 1 fully saturated rings. The van der Waals surface area contributed by atoms with Crippen molar-refractivity contribution >= 4 is 11.6 Å². The minimum atomic E-state index is 0.195. The second-order valence-corrected chi connectivity index (χ2v) is 4.48. The zero-order valence-corrected chi connectivity index (χ0v) is 9.33. The van der Waals surface area contributed by atoms with E-state index in [1.165, 1.54) is 25.7 Å². The average molecular weight is 227 g/mol. The Hall–Kier alpha value is -0.890. The number of phenolic OH excluding ortho intramolecular Hbond substituents is 1. The van der Waals surface area contributed by atoms with Crippen LogP contribution in [0.15, 0.2) is 18.2 Å². The summed E-state index contributed by atoms with van der Waals surface area (Å²) in [7, 11) is 0. The van der Waals surface area contributed by atoms with Gasteiger partial charge in [-0.05, 0) is 30.9 Å². The number of ether oxygens (including phenoxy) is 1. The SMILES string of the molecule is Oc1ccc(Cl)c(OCC2CCCC2)c1. The molecule has 3 heteroatoms. The monoisotopic (exact) mass is 226 g/mol. The lowest BCUT2D eigenvalue weighted by atomic mass is 10.1. The van der Waals surface area contributed by atoms with Gasteiger partial charge in [-0.3, -0.25) is 0 Å². The summed E-state index contributed by atoms with van der Waals surface area (Å²) in [6, 6.07) is 4.78. The molecule has 82 valence electrons. The highest BCUT2D eigenvalue weighted by molar-refractivity contribution is 6.32. The van der Waals surface area contributed by atoms with E-state index in [2.05, 4.69) is 0 Å². The molecule has 0 atom stereocenters. The van der Waals surface area contributed by atoms with Crippen molar-refractivity contribution in [1.29, 1.82) is 0 Å². The fourth-order valence-corrected chi connectivity index (χ4v) is 2.16. The van der Waals surface area contributed by atoms with Crippen molar-refractivity contribution in [2.45, 2.75) is 25.7 Å². The van der Waals surface area contributed by atoms with Gasteiger partial charge in [-0.2, -0.15) is 0 Å². The van der Waals surface area contributed by atoms with Crippen molar-refractivity contribution in [2.75, 3.05) is 6.61 Å². The van der Waals surface area contributed by atoms with E-state index < -0.39 is 0 Å². The number of hydrogen-bond donors (Lipinski definition) is 1. The van der Waals surface area contributed by atoms with Crippen LogP contribution in [0.4, 0.5) is 0 Å². The van der Waals surface area contributed by atoms with E-state index >= 15 is 0 Å². The summed E-state index contributed by atoms with van der Waals surface area (Å²) in [6.07, 6.45) is 5.11. The molecule has 0 saturated heterocycles. The van der Waals surface area contributed by atoms with Crippen molar-refractivity contribution in [3.63, 3.8) is 0 Å². The third-order valence-electron chi connectivity index (χ3n) is 2.86. The lowest BCUT2D eigenvalue weighted by Crippen LogP contribution is -2.08. The minimum Gasteiger partial charge on any atom is -0.508 e. The maximum Gasteiger partial charge on any atom is 0.141 e. The highest BCUT2D eigenvalue weighted by Gasteiger charge is 2.16. The molecule has 0 aromatic heterocycles. The van der Waals surface area contributed by atoms with Gasteiger partial charge >= 0.3 is 0 Å². The zero-order valence-electron chi connectivity index (χ0n) is 8.58. The van der Waals surface area contributed by atoms with Gasteiger partial charge in [0.1, 0.15) is 11.5 Å². The molecule has 0 heterocycles. The second kappa shape index (κ2) is 4.75. The van der Waals surface area contributed by atoms with Crippen LogP contribution in [0.3, 0.4) is 0 Å². The van der Waals surface area contributed by atoms with Gasteiger partial charge in [0.05, 0.1) is 11.6 Å². The van der Waals surface area contributed by atoms with Crippen LogP contribution in [-0.2, 0) is 0 Å². The first-order chi connectivity index (χ1) is 7.25. The number of benzene rings is 1. The first-order valence-electron chi connectivity index (χ1n) is 5.37. The van der Waals surface area contributed by atoms with E-state index in [0.29, 0.717) is 23.3 Å². The second-order valence-electron chi connectivity index (χ2n) is 4.08. The molecule has 0 aliphatic heterocycles. The van der Waals surface area contributed by atoms with Gasteiger partial charge in [-0.25, -0.2) is 0 Å². The van der Waals surface area contributed by atoms with Crippen LogP contribution in [0.1, 0.15) is 25.7 Å². The third kappa shape index (κ3) is 2.78. The van der Waals surface area contributed by atoms with Crippen LogP contribution in [0.5, 0.6) is 11.5 Å². The zero-order chi connectivity index (χ0) is 10.7. The van der Waals surface area contributed by atoms with Gasteiger partial charge in [0, 0.05) is 6.07 Å². The highest BCUT2D eigenvalue weighted by Crippen LogP contribution is 2.30. The quantitative estimate of drug-likeness (QED) is 0.853. The molecule has 2 rings (SSSR count). The molecule has 1 aromatic rings. The van der Waals surface area contributed by atoms with Crippen LogP contribution >= 0.6 is 11.6 Å². The fraction of sp³-hybridized carbons (Fsp3) is 0.500. The third-order valence-corrected chi connectivity index (χ3v) is 3.18. The Balaban J connectivity index is 1.94. The van der Waals surface area contributed by atoms with E-state index in [-0.39, 0.29) is 5.75 Å². The molecular weight excluding hydrogens is 212 g/mol. The Morgan fingerprint density at radius 2 is 2.07 bits per heavy atom. The molecule has 0 bridgehead atoms. The maximum absolute atomic E-state index is 9.29. The van der Waals surface area contributed by atoms with Crippen molar-refractivity contribution in [3.05, 3.63) is 23.2 Å². The van der Waals surface area contributed by atoms with Gasteiger partial charge in [0.25, 0.3) is 0 Å². The molecule has 1 N–H and O–H groups in total. The lowest BCUT2D eigenvalue weighted by molar-refractivity contribution is 0.251. The average Bonchev–Trinajstić information content (AvgIpc) is 2.72. The summed E-state index contributed by atoms with van der Waals surface area (Å²) in [6.45, 7) is 0.711.